The standard InChI is InChI=1S/C23H22N2O3/c1-16-9-8-13-19(17(16)2)23(27)25-24-22(26)15-28-21-14-7-6-12-20(21)18-10-4-3-5-11-18/h3-14H,15H2,1-2H3,(H,24,26)(H,25,27). The molecule has 0 unspecified atom stereocenters. The molecule has 5 heteroatoms. The zero-order valence-electron chi connectivity index (χ0n) is 15.9. The van der Waals surface area contributed by atoms with Crippen LogP contribution in [0.1, 0.15) is 21.5 Å². The second-order valence-electron chi connectivity index (χ2n) is 6.40. The summed E-state index contributed by atoms with van der Waals surface area (Å²) in [5.41, 5.74) is 9.14. The molecule has 0 aliphatic carbocycles. The average Bonchev–Trinajstić information content (AvgIpc) is 2.73. The van der Waals surface area contributed by atoms with Crippen molar-refractivity contribution in [1.29, 1.82) is 0 Å². The molecular weight excluding hydrogens is 352 g/mol. The van der Waals surface area contributed by atoms with Crippen molar-refractivity contribution in [2.24, 2.45) is 0 Å². The smallest absolute Gasteiger partial charge is 0.276 e. The molecule has 0 saturated carbocycles. The summed E-state index contributed by atoms with van der Waals surface area (Å²) >= 11 is 0. The van der Waals surface area contributed by atoms with Crippen molar-refractivity contribution < 1.29 is 14.3 Å². The van der Waals surface area contributed by atoms with Gasteiger partial charge in [0.15, 0.2) is 6.61 Å². The number of hydrazine groups is 1. The SMILES string of the molecule is Cc1cccc(C(=O)NNC(=O)COc2ccccc2-c2ccccc2)c1C. The van der Waals surface area contributed by atoms with Crippen LogP contribution in [0, 0.1) is 13.8 Å². The summed E-state index contributed by atoms with van der Waals surface area (Å²) in [6.07, 6.45) is 0. The van der Waals surface area contributed by atoms with Crippen molar-refractivity contribution in [1.82, 2.24) is 10.9 Å². The van der Waals surface area contributed by atoms with Gasteiger partial charge in [0.05, 0.1) is 0 Å². The van der Waals surface area contributed by atoms with Crippen LogP contribution in [0.4, 0.5) is 0 Å². The molecule has 0 radical (unpaired) electrons. The molecule has 0 aromatic heterocycles. The van der Waals surface area contributed by atoms with Gasteiger partial charge in [-0.05, 0) is 42.7 Å². The summed E-state index contributed by atoms with van der Waals surface area (Å²) < 4.78 is 5.67. The lowest BCUT2D eigenvalue weighted by molar-refractivity contribution is -0.123. The van der Waals surface area contributed by atoms with Crippen LogP contribution < -0.4 is 15.6 Å². The van der Waals surface area contributed by atoms with Crippen LogP contribution in [0.5, 0.6) is 5.75 Å². The van der Waals surface area contributed by atoms with Crippen LogP contribution in [0.3, 0.4) is 0 Å². The number of hydrogen-bond acceptors (Lipinski definition) is 3. The van der Waals surface area contributed by atoms with Gasteiger partial charge in [-0.2, -0.15) is 0 Å². The van der Waals surface area contributed by atoms with E-state index in [1.165, 1.54) is 0 Å². The monoisotopic (exact) mass is 374 g/mol. The number of amides is 2. The van der Waals surface area contributed by atoms with Gasteiger partial charge in [0, 0.05) is 11.1 Å². The van der Waals surface area contributed by atoms with E-state index in [4.69, 9.17) is 4.74 Å². The average molecular weight is 374 g/mol. The molecule has 3 aromatic carbocycles. The third kappa shape index (κ3) is 4.57. The van der Waals surface area contributed by atoms with Crippen molar-refractivity contribution in [3.63, 3.8) is 0 Å². The highest BCUT2D eigenvalue weighted by molar-refractivity contribution is 5.97. The molecule has 2 N–H and O–H groups in total. The van der Waals surface area contributed by atoms with Crippen molar-refractivity contribution in [3.8, 4) is 16.9 Å². The maximum Gasteiger partial charge on any atom is 0.276 e. The van der Waals surface area contributed by atoms with Gasteiger partial charge >= 0.3 is 0 Å². The number of aryl methyl sites for hydroxylation is 1. The fourth-order valence-electron chi connectivity index (χ4n) is 2.82. The Hall–Kier alpha value is -3.60. The molecule has 0 aliphatic rings. The molecule has 2 amide bonds. The highest BCUT2D eigenvalue weighted by Gasteiger charge is 2.12. The Morgan fingerprint density at radius 2 is 1.54 bits per heavy atom. The van der Waals surface area contributed by atoms with Gasteiger partial charge < -0.3 is 4.74 Å². The van der Waals surface area contributed by atoms with Crippen LogP contribution in [0.25, 0.3) is 11.1 Å². The van der Waals surface area contributed by atoms with Crippen molar-refractivity contribution in [2.75, 3.05) is 6.61 Å². The molecule has 28 heavy (non-hydrogen) atoms. The molecule has 3 rings (SSSR count). The van der Waals surface area contributed by atoms with Gasteiger partial charge in [-0.1, -0.05) is 60.7 Å². The van der Waals surface area contributed by atoms with Gasteiger partial charge in [0.2, 0.25) is 0 Å². The highest BCUT2D eigenvalue weighted by Crippen LogP contribution is 2.29. The molecule has 0 aliphatic heterocycles. The van der Waals surface area contributed by atoms with Gasteiger partial charge in [-0.3, -0.25) is 20.4 Å². The third-order valence-corrected chi connectivity index (χ3v) is 4.50. The lowest BCUT2D eigenvalue weighted by Crippen LogP contribution is -2.44. The molecule has 142 valence electrons. The van der Waals surface area contributed by atoms with E-state index in [1.807, 2.05) is 80.6 Å². The summed E-state index contributed by atoms with van der Waals surface area (Å²) in [5.74, 6) is -0.203. The van der Waals surface area contributed by atoms with E-state index in [0.29, 0.717) is 11.3 Å². The second kappa shape index (κ2) is 8.86. The summed E-state index contributed by atoms with van der Waals surface area (Å²) in [4.78, 5) is 24.4. The first-order valence-corrected chi connectivity index (χ1v) is 8.99. The van der Waals surface area contributed by atoms with Gasteiger partial charge in [0.25, 0.3) is 11.8 Å². The van der Waals surface area contributed by atoms with Crippen LogP contribution in [0.2, 0.25) is 0 Å². The Morgan fingerprint density at radius 1 is 0.821 bits per heavy atom. The maximum atomic E-state index is 12.3. The largest absolute Gasteiger partial charge is 0.483 e. The number of benzene rings is 3. The number of carbonyl (C=O) groups excluding carboxylic acids is 2. The molecule has 5 nitrogen and oxygen atoms in total. The van der Waals surface area contributed by atoms with Crippen molar-refractivity contribution in [3.05, 3.63) is 89.5 Å². The van der Waals surface area contributed by atoms with Gasteiger partial charge in [0.1, 0.15) is 5.75 Å². The molecule has 0 spiro atoms. The fourth-order valence-corrected chi connectivity index (χ4v) is 2.82. The van der Waals surface area contributed by atoms with Crippen LogP contribution in [0.15, 0.2) is 72.8 Å². The zero-order valence-corrected chi connectivity index (χ0v) is 15.9. The maximum absolute atomic E-state index is 12.3. The summed E-state index contributed by atoms with van der Waals surface area (Å²) in [6, 6.07) is 22.8. The summed E-state index contributed by atoms with van der Waals surface area (Å²) in [7, 11) is 0. The lowest BCUT2D eigenvalue weighted by Gasteiger charge is -2.13. The number of nitrogens with one attached hydrogen (secondary N) is 2. The van der Waals surface area contributed by atoms with Gasteiger partial charge in [-0.25, -0.2) is 0 Å². The first kappa shape index (κ1) is 19.2. The minimum absolute atomic E-state index is 0.211. The Kier molecular flexibility index (Phi) is 6.07. The minimum atomic E-state index is -0.443. The van der Waals surface area contributed by atoms with E-state index in [9.17, 15) is 9.59 Å². The fraction of sp³-hybridized carbons (Fsp3) is 0.130. The third-order valence-electron chi connectivity index (χ3n) is 4.50. The van der Waals surface area contributed by atoms with Crippen LogP contribution in [-0.2, 0) is 4.79 Å². The number of para-hydroxylation sites is 1. The highest BCUT2D eigenvalue weighted by atomic mass is 16.5. The molecule has 0 bridgehead atoms. The van der Waals surface area contributed by atoms with Crippen molar-refractivity contribution in [2.45, 2.75) is 13.8 Å². The molecule has 0 atom stereocenters. The number of hydrogen-bond donors (Lipinski definition) is 2. The molecular formula is C23H22N2O3. The molecule has 0 fully saturated rings. The van der Waals surface area contributed by atoms with E-state index in [-0.39, 0.29) is 12.5 Å². The number of carbonyl (C=O) groups is 2. The summed E-state index contributed by atoms with van der Waals surface area (Å²) in [6.45, 7) is 3.59. The Morgan fingerprint density at radius 3 is 2.32 bits per heavy atom. The molecule has 0 heterocycles. The lowest BCUT2D eigenvalue weighted by atomic mass is 10.0. The van der Waals surface area contributed by atoms with E-state index in [1.54, 1.807) is 6.07 Å². The molecule has 0 saturated heterocycles. The Balaban J connectivity index is 1.58. The Labute approximate surface area is 164 Å². The molecule has 3 aromatic rings. The first-order valence-electron chi connectivity index (χ1n) is 8.99. The van der Waals surface area contributed by atoms with E-state index in [2.05, 4.69) is 10.9 Å². The van der Waals surface area contributed by atoms with Crippen molar-refractivity contribution >= 4 is 11.8 Å². The Bertz CT molecular complexity index is 984. The number of ether oxygens (including phenoxy) is 1. The first-order chi connectivity index (χ1) is 13.6. The van der Waals surface area contributed by atoms with E-state index in [0.717, 1.165) is 22.3 Å². The quantitative estimate of drug-likeness (QED) is 0.668. The minimum Gasteiger partial charge on any atom is -0.483 e. The number of rotatable bonds is 5. The normalized spacial score (nSPS) is 10.2. The van der Waals surface area contributed by atoms with Crippen LogP contribution in [-0.4, -0.2) is 18.4 Å². The zero-order chi connectivity index (χ0) is 19.9. The predicted molar refractivity (Wildman–Crippen MR) is 109 cm³/mol. The summed E-state index contributed by atoms with van der Waals surface area (Å²) in [5, 5.41) is 0. The van der Waals surface area contributed by atoms with Gasteiger partial charge in [-0.15, -0.1) is 0 Å². The van der Waals surface area contributed by atoms with E-state index >= 15 is 0 Å². The van der Waals surface area contributed by atoms with Crippen LogP contribution >= 0.6 is 0 Å². The topological polar surface area (TPSA) is 67.4 Å². The predicted octanol–water partition coefficient (Wildman–Crippen LogP) is 3.81. The van der Waals surface area contributed by atoms with E-state index < -0.39 is 5.91 Å². The second-order valence-corrected chi connectivity index (χ2v) is 6.40.